The van der Waals surface area contributed by atoms with Gasteiger partial charge in [-0.25, -0.2) is 4.98 Å². The number of aryl methyl sites for hydroxylation is 1. The van der Waals surface area contributed by atoms with Crippen LogP contribution in [0.3, 0.4) is 0 Å². The zero-order chi connectivity index (χ0) is 13.9. The minimum Gasteiger partial charge on any atom is -0.396 e. The molecule has 1 unspecified atom stereocenters. The Morgan fingerprint density at radius 3 is 2.90 bits per heavy atom. The monoisotopic (exact) mass is 294 g/mol. The third-order valence-electron chi connectivity index (χ3n) is 4.49. The smallest absolute Gasteiger partial charge is 0.107 e. The van der Waals surface area contributed by atoms with Crippen LogP contribution in [-0.2, 0) is 19.4 Å². The van der Waals surface area contributed by atoms with Crippen molar-refractivity contribution in [2.45, 2.75) is 64.5 Å². The lowest BCUT2D eigenvalue weighted by Gasteiger charge is -2.20. The van der Waals surface area contributed by atoms with Gasteiger partial charge in [0.1, 0.15) is 5.01 Å². The second kappa shape index (κ2) is 6.54. The lowest BCUT2D eigenvalue weighted by Crippen LogP contribution is -2.26. The zero-order valence-electron chi connectivity index (χ0n) is 12.5. The standard InChI is InChI=1S/C16H26N2OS/c1-12-4-7-14-15(10-12)20-16(17-14)11-18(13-5-6-13)8-2-3-9-19/h12-13,19H,2-11H2,1H3. The van der Waals surface area contributed by atoms with Crippen molar-refractivity contribution in [1.29, 1.82) is 0 Å². The molecule has 0 aliphatic heterocycles. The van der Waals surface area contributed by atoms with E-state index in [-0.39, 0.29) is 0 Å². The molecule has 0 spiro atoms. The van der Waals surface area contributed by atoms with E-state index >= 15 is 0 Å². The van der Waals surface area contributed by atoms with E-state index < -0.39 is 0 Å². The average molecular weight is 294 g/mol. The summed E-state index contributed by atoms with van der Waals surface area (Å²) < 4.78 is 0. The summed E-state index contributed by atoms with van der Waals surface area (Å²) in [5.74, 6) is 0.833. The predicted molar refractivity (Wildman–Crippen MR) is 83.1 cm³/mol. The summed E-state index contributed by atoms with van der Waals surface area (Å²) in [6, 6.07) is 0.786. The molecule has 1 heterocycles. The molecule has 1 saturated carbocycles. The van der Waals surface area contributed by atoms with E-state index in [2.05, 4.69) is 11.8 Å². The van der Waals surface area contributed by atoms with Crippen molar-refractivity contribution in [3.05, 3.63) is 15.6 Å². The Labute approximate surface area is 126 Å². The Hall–Kier alpha value is -0.450. The van der Waals surface area contributed by atoms with E-state index in [0.29, 0.717) is 6.61 Å². The second-order valence-electron chi connectivity index (χ2n) is 6.46. The molecule has 2 aliphatic carbocycles. The number of thiazole rings is 1. The van der Waals surface area contributed by atoms with Crippen molar-refractivity contribution in [3.8, 4) is 0 Å². The highest BCUT2D eigenvalue weighted by molar-refractivity contribution is 7.11. The van der Waals surface area contributed by atoms with Crippen LogP contribution in [0, 0.1) is 5.92 Å². The molecule has 4 heteroatoms. The fraction of sp³-hybridized carbons (Fsp3) is 0.812. The molecule has 0 amide bonds. The molecule has 3 nitrogen and oxygen atoms in total. The Balaban J connectivity index is 1.60. The fourth-order valence-electron chi connectivity index (χ4n) is 3.09. The Bertz CT molecular complexity index is 442. The average Bonchev–Trinajstić information content (AvgIpc) is 3.19. The van der Waals surface area contributed by atoms with E-state index in [0.717, 1.165) is 37.9 Å². The van der Waals surface area contributed by atoms with E-state index in [1.807, 2.05) is 11.3 Å². The normalized spacial score (nSPS) is 22.2. The second-order valence-corrected chi connectivity index (χ2v) is 7.63. The van der Waals surface area contributed by atoms with Crippen LogP contribution in [0.15, 0.2) is 0 Å². The van der Waals surface area contributed by atoms with Crippen LogP contribution in [0.1, 0.15) is 54.6 Å². The Morgan fingerprint density at radius 1 is 1.30 bits per heavy atom. The first-order valence-corrected chi connectivity index (χ1v) is 8.90. The third kappa shape index (κ3) is 3.60. The molecule has 0 aromatic carbocycles. The molecule has 0 saturated heterocycles. The van der Waals surface area contributed by atoms with Crippen molar-refractivity contribution in [1.82, 2.24) is 9.88 Å². The van der Waals surface area contributed by atoms with Crippen molar-refractivity contribution in [3.63, 3.8) is 0 Å². The summed E-state index contributed by atoms with van der Waals surface area (Å²) in [6.07, 6.45) is 8.45. The summed E-state index contributed by atoms with van der Waals surface area (Å²) in [5, 5.41) is 10.2. The van der Waals surface area contributed by atoms with Gasteiger partial charge in [0, 0.05) is 17.5 Å². The van der Waals surface area contributed by atoms with Gasteiger partial charge in [0.2, 0.25) is 0 Å². The van der Waals surface area contributed by atoms with E-state index in [4.69, 9.17) is 10.1 Å². The summed E-state index contributed by atoms with van der Waals surface area (Å²) in [5.41, 5.74) is 1.38. The van der Waals surface area contributed by atoms with Gasteiger partial charge >= 0.3 is 0 Å². The highest BCUT2D eigenvalue weighted by Crippen LogP contribution is 2.33. The van der Waals surface area contributed by atoms with Gasteiger partial charge in [0.15, 0.2) is 0 Å². The number of aliphatic hydroxyl groups excluding tert-OH is 1. The molecule has 1 aromatic heterocycles. The first kappa shape index (κ1) is 14.5. The molecule has 1 N–H and O–H groups in total. The highest BCUT2D eigenvalue weighted by Gasteiger charge is 2.29. The van der Waals surface area contributed by atoms with Crippen LogP contribution in [-0.4, -0.2) is 34.2 Å². The van der Waals surface area contributed by atoms with Crippen LogP contribution < -0.4 is 0 Å². The molecular weight excluding hydrogens is 268 g/mol. The highest BCUT2D eigenvalue weighted by atomic mass is 32.1. The molecular formula is C16H26N2OS. The van der Waals surface area contributed by atoms with Crippen LogP contribution >= 0.6 is 11.3 Å². The summed E-state index contributed by atoms with van der Waals surface area (Å²) in [6.45, 7) is 4.82. The van der Waals surface area contributed by atoms with E-state index in [1.54, 1.807) is 4.88 Å². The molecule has 3 rings (SSSR count). The third-order valence-corrected chi connectivity index (χ3v) is 5.59. The maximum Gasteiger partial charge on any atom is 0.107 e. The maximum atomic E-state index is 8.93. The van der Waals surface area contributed by atoms with Crippen LogP contribution in [0.25, 0.3) is 0 Å². The molecule has 1 aromatic rings. The topological polar surface area (TPSA) is 36.4 Å². The number of fused-ring (bicyclic) bond motifs is 1. The van der Waals surface area contributed by atoms with Crippen molar-refractivity contribution < 1.29 is 5.11 Å². The number of unbranched alkanes of at least 4 members (excludes halogenated alkanes) is 1. The molecule has 20 heavy (non-hydrogen) atoms. The van der Waals surface area contributed by atoms with Crippen LogP contribution in [0.4, 0.5) is 0 Å². The van der Waals surface area contributed by atoms with Gasteiger partial charge in [-0.1, -0.05) is 6.92 Å². The van der Waals surface area contributed by atoms with Crippen molar-refractivity contribution >= 4 is 11.3 Å². The van der Waals surface area contributed by atoms with E-state index in [9.17, 15) is 0 Å². The van der Waals surface area contributed by atoms with E-state index in [1.165, 1.54) is 42.8 Å². The molecule has 2 aliphatic rings. The molecule has 0 radical (unpaired) electrons. The van der Waals surface area contributed by atoms with Crippen LogP contribution in [0.2, 0.25) is 0 Å². The van der Waals surface area contributed by atoms with Gasteiger partial charge in [-0.2, -0.15) is 0 Å². The maximum absolute atomic E-state index is 8.93. The summed E-state index contributed by atoms with van der Waals surface area (Å²) >= 11 is 1.95. The molecule has 1 fully saturated rings. The minimum atomic E-state index is 0.321. The minimum absolute atomic E-state index is 0.321. The lowest BCUT2D eigenvalue weighted by atomic mass is 9.93. The SMILES string of the molecule is CC1CCc2nc(CN(CCCCO)C3CC3)sc2C1. The van der Waals surface area contributed by atoms with Crippen molar-refractivity contribution in [2.24, 2.45) is 5.92 Å². The van der Waals surface area contributed by atoms with Gasteiger partial charge in [0.25, 0.3) is 0 Å². The molecule has 0 bridgehead atoms. The van der Waals surface area contributed by atoms with Crippen molar-refractivity contribution in [2.75, 3.05) is 13.2 Å². The Morgan fingerprint density at radius 2 is 2.15 bits per heavy atom. The quantitative estimate of drug-likeness (QED) is 0.785. The van der Waals surface area contributed by atoms with Gasteiger partial charge in [-0.3, -0.25) is 4.90 Å². The number of hydrogen-bond donors (Lipinski definition) is 1. The Kier molecular flexibility index (Phi) is 4.74. The van der Waals surface area contributed by atoms with Gasteiger partial charge in [-0.15, -0.1) is 11.3 Å². The number of aromatic nitrogens is 1. The van der Waals surface area contributed by atoms with Crippen LogP contribution in [0.5, 0.6) is 0 Å². The first-order valence-electron chi connectivity index (χ1n) is 8.08. The van der Waals surface area contributed by atoms with Gasteiger partial charge < -0.3 is 5.11 Å². The number of hydrogen-bond acceptors (Lipinski definition) is 4. The lowest BCUT2D eigenvalue weighted by molar-refractivity contribution is 0.228. The van der Waals surface area contributed by atoms with Gasteiger partial charge in [-0.05, 0) is 57.4 Å². The summed E-state index contributed by atoms with van der Waals surface area (Å²) in [7, 11) is 0. The van der Waals surface area contributed by atoms with Gasteiger partial charge in [0.05, 0.1) is 12.2 Å². The predicted octanol–water partition coefficient (Wildman–Crippen LogP) is 3.00. The summed E-state index contributed by atoms with van der Waals surface area (Å²) in [4.78, 5) is 9.02. The fourth-order valence-corrected chi connectivity index (χ4v) is 4.40. The molecule has 1 atom stereocenters. The number of aliphatic hydroxyl groups is 1. The molecule has 112 valence electrons. The number of rotatable bonds is 7. The first-order chi connectivity index (χ1) is 9.76. The number of nitrogens with zero attached hydrogens (tertiary/aromatic N) is 2. The zero-order valence-corrected chi connectivity index (χ0v) is 13.3. The largest absolute Gasteiger partial charge is 0.396 e.